The zero-order valence-electron chi connectivity index (χ0n) is 20.4. The van der Waals surface area contributed by atoms with Crippen LogP contribution in [0, 0.1) is 39.9 Å². The molecule has 1 aliphatic heterocycles. The molecule has 1 aromatic carbocycles. The van der Waals surface area contributed by atoms with Crippen molar-refractivity contribution in [3.63, 3.8) is 0 Å². The molecule has 35 heavy (non-hydrogen) atoms. The molecule has 4 fully saturated rings. The van der Waals surface area contributed by atoms with Crippen molar-refractivity contribution in [1.29, 1.82) is 0 Å². The zero-order chi connectivity index (χ0) is 24.8. The van der Waals surface area contributed by atoms with Gasteiger partial charge in [0.1, 0.15) is 6.17 Å². The van der Waals surface area contributed by atoms with E-state index in [4.69, 9.17) is 0 Å². The summed E-state index contributed by atoms with van der Waals surface area (Å²) in [6, 6.07) is 10.1. The van der Waals surface area contributed by atoms with Crippen LogP contribution in [0.3, 0.4) is 0 Å². The summed E-state index contributed by atoms with van der Waals surface area (Å²) in [6.45, 7) is 5.87. The van der Waals surface area contributed by atoms with Crippen LogP contribution < -0.4 is 0 Å². The van der Waals surface area contributed by atoms with E-state index in [0.29, 0.717) is 31.6 Å². The number of aliphatic hydroxyl groups excluding tert-OH is 1. The molecule has 3 saturated carbocycles. The number of ketones is 1. The van der Waals surface area contributed by atoms with Gasteiger partial charge in [0, 0.05) is 31.0 Å². The molecule has 4 aliphatic carbocycles. The molecular formula is C29H34FNO4. The number of carbonyl (C=O) groups excluding carboxylic acids is 1. The summed E-state index contributed by atoms with van der Waals surface area (Å²) < 4.78 is 15.6. The van der Waals surface area contributed by atoms with Crippen molar-refractivity contribution in [2.24, 2.45) is 39.9 Å². The van der Waals surface area contributed by atoms with Crippen LogP contribution in [-0.2, 0) is 16.1 Å². The Balaban J connectivity index is 1.36. The van der Waals surface area contributed by atoms with Gasteiger partial charge in [-0.05, 0) is 65.7 Å². The van der Waals surface area contributed by atoms with Crippen LogP contribution in [0.1, 0.15) is 38.7 Å². The second kappa shape index (κ2) is 7.59. The first-order chi connectivity index (χ1) is 16.6. The Labute approximate surface area is 205 Å². The fourth-order valence-corrected chi connectivity index (χ4v) is 9.32. The lowest BCUT2D eigenvalue weighted by atomic mass is 9.44. The van der Waals surface area contributed by atoms with Gasteiger partial charge in [-0.15, -0.1) is 0 Å². The van der Waals surface area contributed by atoms with Crippen molar-refractivity contribution in [2.45, 2.75) is 51.9 Å². The third kappa shape index (κ3) is 2.99. The standard InChI is InChI=1S/C29H34FNO4/c1-27-9-8-19(32)11-22(27)23(30)12-20-21-10-18-15-31(14-17-6-4-3-5-7-17)16-29(18,26(34)35)28(21,2)13-24(33)25(20)27/h3-9,11,18,20-21,23-25,33H,10,12-16H2,1-2H3,(H,34,35). The molecule has 5 nitrogen and oxygen atoms in total. The first-order valence-electron chi connectivity index (χ1n) is 12.9. The molecule has 9 unspecified atom stereocenters. The van der Waals surface area contributed by atoms with Crippen LogP contribution in [-0.4, -0.2) is 52.2 Å². The quantitative estimate of drug-likeness (QED) is 0.685. The molecule has 186 valence electrons. The second-order valence-electron chi connectivity index (χ2n) is 12.2. The van der Waals surface area contributed by atoms with E-state index < -0.39 is 34.5 Å². The number of hydrogen-bond donors (Lipinski definition) is 2. The Kier molecular flexibility index (Phi) is 5.01. The number of benzene rings is 1. The maximum atomic E-state index is 15.6. The summed E-state index contributed by atoms with van der Waals surface area (Å²) in [4.78, 5) is 27.4. The van der Waals surface area contributed by atoms with Crippen molar-refractivity contribution in [1.82, 2.24) is 4.90 Å². The monoisotopic (exact) mass is 479 g/mol. The van der Waals surface area contributed by atoms with Gasteiger partial charge in [-0.1, -0.05) is 50.3 Å². The molecule has 6 heteroatoms. The SMILES string of the molecule is CC12C=CC(=O)C=C1C(F)CC1C2C(O)CC2(C)C1CC1CN(Cc3ccccc3)CC12C(=O)O. The lowest BCUT2D eigenvalue weighted by Gasteiger charge is -2.60. The first-order valence-corrected chi connectivity index (χ1v) is 12.9. The Morgan fingerprint density at radius 1 is 1.20 bits per heavy atom. The van der Waals surface area contributed by atoms with Gasteiger partial charge in [-0.2, -0.15) is 0 Å². The van der Waals surface area contributed by atoms with Crippen molar-refractivity contribution in [2.75, 3.05) is 13.1 Å². The lowest BCUT2D eigenvalue weighted by Crippen LogP contribution is -2.61. The second-order valence-corrected chi connectivity index (χ2v) is 12.2. The predicted octanol–water partition coefficient (Wildman–Crippen LogP) is 4.03. The number of hydrogen-bond acceptors (Lipinski definition) is 4. The molecule has 1 aromatic rings. The minimum atomic E-state index is -1.25. The fraction of sp³-hybridized carbons (Fsp3) is 0.586. The van der Waals surface area contributed by atoms with E-state index in [1.54, 1.807) is 6.08 Å². The maximum absolute atomic E-state index is 15.6. The number of allylic oxidation sites excluding steroid dienone is 4. The lowest BCUT2D eigenvalue weighted by molar-refractivity contribution is -0.175. The molecule has 9 atom stereocenters. The third-order valence-electron chi connectivity index (χ3n) is 10.7. The molecular weight excluding hydrogens is 445 g/mol. The maximum Gasteiger partial charge on any atom is 0.311 e. The highest BCUT2D eigenvalue weighted by atomic mass is 19.1. The van der Waals surface area contributed by atoms with Gasteiger partial charge in [-0.3, -0.25) is 14.5 Å². The summed E-state index contributed by atoms with van der Waals surface area (Å²) in [7, 11) is 0. The zero-order valence-corrected chi connectivity index (χ0v) is 20.4. The van der Waals surface area contributed by atoms with Gasteiger partial charge in [0.05, 0.1) is 11.5 Å². The summed E-state index contributed by atoms with van der Waals surface area (Å²) in [5.41, 5.74) is -0.656. The Morgan fingerprint density at radius 2 is 1.94 bits per heavy atom. The van der Waals surface area contributed by atoms with Gasteiger partial charge < -0.3 is 10.2 Å². The van der Waals surface area contributed by atoms with Gasteiger partial charge in [0.15, 0.2) is 5.78 Å². The number of aliphatic hydroxyl groups is 1. The number of carboxylic acid groups (broad SMARTS) is 1. The summed E-state index contributed by atoms with van der Waals surface area (Å²) in [5, 5.41) is 22.3. The topological polar surface area (TPSA) is 77.8 Å². The smallest absolute Gasteiger partial charge is 0.311 e. The van der Waals surface area contributed by atoms with E-state index in [1.807, 2.05) is 25.1 Å². The number of likely N-dealkylation sites (tertiary alicyclic amines) is 1. The third-order valence-corrected chi connectivity index (χ3v) is 10.7. The number of aliphatic carboxylic acids is 1. The van der Waals surface area contributed by atoms with E-state index in [0.717, 1.165) is 12.0 Å². The van der Waals surface area contributed by atoms with Gasteiger partial charge >= 0.3 is 5.97 Å². The van der Waals surface area contributed by atoms with Crippen LogP contribution in [0.15, 0.2) is 54.1 Å². The Hall–Kier alpha value is -2.31. The van der Waals surface area contributed by atoms with Gasteiger partial charge in [-0.25, -0.2) is 4.39 Å². The van der Waals surface area contributed by atoms with Crippen molar-refractivity contribution in [3.05, 3.63) is 59.7 Å². The van der Waals surface area contributed by atoms with E-state index >= 15 is 4.39 Å². The minimum absolute atomic E-state index is 0.0264. The number of alkyl halides is 1. The molecule has 0 bridgehead atoms. The molecule has 2 N–H and O–H groups in total. The predicted molar refractivity (Wildman–Crippen MR) is 129 cm³/mol. The summed E-state index contributed by atoms with van der Waals surface area (Å²) >= 11 is 0. The van der Waals surface area contributed by atoms with Gasteiger partial charge in [0.25, 0.3) is 0 Å². The van der Waals surface area contributed by atoms with E-state index in [1.165, 1.54) is 12.2 Å². The number of halogens is 1. The number of nitrogens with zero attached hydrogens (tertiary/aromatic N) is 1. The molecule has 0 spiro atoms. The molecule has 1 heterocycles. The van der Waals surface area contributed by atoms with Crippen molar-refractivity contribution in [3.8, 4) is 0 Å². The van der Waals surface area contributed by atoms with Crippen LogP contribution in [0.2, 0.25) is 0 Å². The van der Waals surface area contributed by atoms with Crippen molar-refractivity contribution >= 4 is 11.8 Å². The van der Waals surface area contributed by atoms with Crippen LogP contribution in [0.4, 0.5) is 4.39 Å². The normalized spacial score (nSPS) is 46.4. The molecule has 0 aromatic heterocycles. The number of fused-ring (bicyclic) bond motifs is 7. The van der Waals surface area contributed by atoms with Crippen LogP contribution in [0.25, 0.3) is 0 Å². The van der Waals surface area contributed by atoms with E-state index in [9.17, 15) is 19.8 Å². The summed E-state index contributed by atoms with van der Waals surface area (Å²) in [5.74, 6) is -1.32. The highest BCUT2D eigenvalue weighted by Crippen LogP contribution is 2.72. The first kappa shape index (κ1) is 23.1. The molecule has 5 aliphatic rings. The Bertz CT molecular complexity index is 1130. The van der Waals surface area contributed by atoms with E-state index in [2.05, 4.69) is 24.0 Å². The number of carboxylic acids is 1. The fourth-order valence-electron chi connectivity index (χ4n) is 9.32. The average molecular weight is 480 g/mol. The number of rotatable bonds is 3. The number of carbonyl (C=O) groups is 2. The largest absolute Gasteiger partial charge is 0.481 e. The van der Waals surface area contributed by atoms with E-state index in [-0.39, 0.29) is 35.9 Å². The van der Waals surface area contributed by atoms with Crippen LogP contribution >= 0.6 is 0 Å². The van der Waals surface area contributed by atoms with Gasteiger partial charge in [0.2, 0.25) is 0 Å². The molecule has 1 saturated heterocycles. The van der Waals surface area contributed by atoms with Crippen LogP contribution in [0.5, 0.6) is 0 Å². The average Bonchev–Trinajstić information content (AvgIpc) is 3.28. The summed E-state index contributed by atoms with van der Waals surface area (Å²) in [6.07, 6.45) is 4.10. The Morgan fingerprint density at radius 3 is 2.66 bits per heavy atom. The molecule has 0 amide bonds. The minimum Gasteiger partial charge on any atom is -0.481 e. The molecule has 0 radical (unpaired) electrons. The highest BCUT2D eigenvalue weighted by Gasteiger charge is 2.74. The van der Waals surface area contributed by atoms with Crippen molar-refractivity contribution < 1.29 is 24.2 Å². The highest BCUT2D eigenvalue weighted by molar-refractivity contribution is 6.01. The molecule has 6 rings (SSSR count).